The molecule has 2 atom stereocenters. The Morgan fingerprint density at radius 1 is 1.50 bits per heavy atom. The molecule has 0 radical (unpaired) electrons. The first kappa shape index (κ1) is 14.5. The van der Waals surface area contributed by atoms with Crippen LogP contribution in [0.3, 0.4) is 0 Å². The van der Waals surface area contributed by atoms with Crippen molar-refractivity contribution in [3.63, 3.8) is 0 Å². The highest BCUT2D eigenvalue weighted by Crippen LogP contribution is 2.26. The molecule has 2 rings (SSSR count). The van der Waals surface area contributed by atoms with E-state index in [0.29, 0.717) is 25.5 Å². The molecule has 0 aliphatic carbocycles. The van der Waals surface area contributed by atoms with Crippen LogP contribution < -0.4 is 5.32 Å². The summed E-state index contributed by atoms with van der Waals surface area (Å²) < 4.78 is 10.6. The molecule has 7 nitrogen and oxygen atoms in total. The van der Waals surface area contributed by atoms with Gasteiger partial charge in [0.05, 0.1) is 19.3 Å². The Morgan fingerprint density at radius 2 is 2.25 bits per heavy atom. The number of furan rings is 1. The number of hydrogen-bond acceptors (Lipinski definition) is 5. The molecule has 1 fully saturated rings. The molecule has 1 amide bonds. The Kier molecular flexibility index (Phi) is 4.41. The van der Waals surface area contributed by atoms with Gasteiger partial charge < -0.3 is 19.6 Å². The average Bonchev–Trinajstić information content (AvgIpc) is 2.95. The molecule has 7 heteroatoms. The van der Waals surface area contributed by atoms with Gasteiger partial charge in [-0.3, -0.25) is 9.69 Å². The number of aromatic carboxylic acids is 1. The second kappa shape index (κ2) is 6.06. The minimum absolute atomic E-state index is 0.100. The van der Waals surface area contributed by atoms with Gasteiger partial charge in [-0.25, -0.2) is 4.79 Å². The zero-order valence-corrected chi connectivity index (χ0v) is 11.5. The fraction of sp³-hybridized carbons (Fsp3) is 0.538. The Labute approximate surface area is 116 Å². The van der Waals surface area contributed by atoms with Gasteiger partial charge in [0.2, 0.25) is 11.7 Å². The van der Waals surface area contributed by atoms with E-state index in [-0.39, 0.29) is 17.7 Å². The quantitative estimate of drug-likeness (QED) is 0.835. The maximum atomic E-state index is 11.9. The molecule has 0 aromatic carbocycles. The van der Waals surface area contributed by atoms with Gasteiger partial charge in [-0.15, -0.1) is 0 Å². The van der Waals surface area contributed by atoms with Crippen LogP contribution in [-0.4, -0.2) is 54.7 Å². The molecular weight excluding hydrogens is 264 g/mol. The maximum Gasteiger partial charge on any atom is 0.371 e. The molecule has 2 N–H and O–H groups in total. The number of carbonyl (C=O) groups is 2. The predicted octanol–water partition coefficient (Wildman–Crippen LogP) is 0.486. The lowest BCUT2D eigenvalue weighted by molar-refractivity contribution is -0.134. The van der Waals surface area contributed by atoms with Gasteiger partial charge in [-0.1, -0.05) is 0 Å². The lowest BCUT2D eigenvalue weighted by Crippen LogP contribution is -2.53. The van der Waals surface area contributed by atoms with Gasteiger partial charge in [0.15, 0.2) is 0 Å². The van der Waals surface area contributed by atoms with Crippen LogP contribution in [0.25, 0.3) is 0 Å². The van der Waals surface area contributed by atoms with E-state index in [9.17, 15) is 9.59 Å². The van der Waals surface area contributed by atoms with Crippen LogP contribution in [0.1, 0.15) is 29.3 Å². The number of carbonyl (C=O) groups excluding carboxylic acids is 1. The minimum atomic E-state index is -1.10. The Balaban J connectivity index is 2.18. The van der Waals surface area contributed by atoms with Crippen LogP contribution >= 0.6 is 0 Å². The molecule has 1 saturated heterocycles. The summed E-state index contributed by atoms with van der Waals surface area (Å²) in [5, 5.41) is 11.5. The van der Waals surface area contributed by atoms with Crippen molar-refractivity contribution in [2.24, 2.45) is 0 Å². The first-order chi connectivity index (χ1) is 9.54. The number of morpholine rings is 1. The van der Waals surface area contributed by atoms with Crippen molar-refractivity contribution in [3.8, 4) is 0 Å². The van der Waals surface area contributed by atoms with Gasteiger partial charge in [-0.2, -0.15) is 0 Å². The molecule has 1 aromatic heterocycles. The van der Waals surface area contributed by atoms with E-state index in [2.05, 4.69) is 5.32 Å². The average molecular weight is 282 g/mol. The third-order valence-corrected chi connectivity index (χ3v) is 3.47. The predicted molar refractivity (Wildman–Crippen MR) is 69.5 cm³/mol. The lowest BCUT2D eigenvalue weighted by Gasteiger charge is -2.37. The van der Waals surface area contributed by atoms with Crippen LogP contribution in [0, 0.1) is 0 Å². The number of nitrogens with zero attached hydrogens (tertiary/aromatic N) is 1. The number of likely N-dealkylation sites (N-methyl/N-ethyl adjacent to an activating group) is 1. The summed E-state index contributed by atoms with van der Waals surface area (Å²) in [6.07, 6.45) is 0. The number of amides is 1. The highest BCUT2D eigenvalue weighted by molar-refractivity contribution is 5.84. The van der Waals surface area contributed by atoms with Crippen LogP contribution in [0.4, 0.5) is 0 Å². The fourth-order valence-electron chi connectivity index (χ4n) is 2.33. The van der Waals surface area contributed by atoms with Crippen LogP contribution in [0.5, 0.6) is 0 Å². The molecule has 0 spiro atoms. The van der Waals surface area contributed by atoms with Crippen molar-refractivity contribution < 1.29 is 23.8 Å². The van der Waals surface area contributed by atoms with Crippen molar-refractivity contribution in [2.75, 3.05) is 26.8 Å². The third-order valence-electron chi connectivity index (χ3n) is 3.47. The molecule has 110 valence electrons. The molecule has 1 aliphatic heterocycles. The number of carboxylic acids is 1. The van der Waals surface area contributed by atoms with E-state index in [1.165, 1.54) is 6.07 Å². The minimum Gasteiger partial charge on any atom is -0.475 e. The lowest BCUT2D eigenvalue weighted by atomic mass is 10.1. The molecule has 1 aliphatic rings. The Hall–Kier alpha value is -1.86. The highest BCUT2D eigenvalue weighted by atomic mass is 16.5. The van der Waals surface area contributed by atoms with Gasteiger partial charge in [0.1, 0.15) is 11.8 Å². The van der Waals surface area contributed by atoms with E-state index < -0.39 is 12.0 Å². The SMILES string of the molecule is CNC(=O)C1COCCN1C(C)c1ccc(C(=O)O)o1. The number of nitrogens with one attached hydrogen (secondary N) is 1. The molecule has 2 unspecified atom stereocenters. The maximum absolute atomic E-state index is 11.9. The highest BCUT2D eigenvalue weighted by Gasteiger charge is 2.33. The summed E-state index contributed by atoms with van der Waals surface area (Å²) in [7, 11) is 1.58. The topological polar surface area (TPSA) is 92.0 Å². The molecule has 20 heavy (non-hydrogen) atoms. The van der Waals surface area contributed by atoms with Crippen molar-refractivity contribution in [3.05, 3.63) is 23.7 Å². The van der Waals surface area contributed by atoms with E-state index in [4.69, 9.17) is 14.3 Å². The second-order valence-electron chi connectivity index (χ2n) is 4.63. The van der Waals surface area contributed by atoms with Crippen molar-refractivity contribution >= 4 is 11.9 Å². The number of rotatable bonds is 4. The summed E-state index contributed by atoms with van der Waals surface area (Å²) in [6, 6.07) is 2.45. The number of hydrogen-bond donors (Lipinski definition) is 2. The molecule has 2 heterocycles. The van der Waals surface area contributed by atoms with Gasteiger partial charge >= 0.3 is 5.97 Å². The summed E-state index contributed by atoms with van der Waals surface area (Å²) >= 11 is 0. The van der Waals surface area contributed by atoms with Crippen molar-refractivity contribution in [1.29, 1.82) is 0 Å². The largest absolute Gasteiger partial charge is 0.475 e. The Bertz CT molecular complexity index is 499. The number of ether oxygens (including phenoxy) is 1. The summed E-state index contributed by atoms with van der Waals surface area (Å²) in [5.74, 6) is -0.801. The van der Waals surface area contributed by atoms with Crippen LogP contribution in [-0.2, 0) is 9.53 Å². The monoisotopic (exact) mass is 282 g/mol. The normalized spacial score (nSPS) is 21.4. The smallest absolute Gasteiger partial charge is 0.371 e. The summed E-state index contributed by atoms with van der Waals surface area (Å²) in [6.45, 7) is 3.31. The van der Waals surface area contributed by atoms with Gasteiger partial charge in [0, 0.05) is 13.6 Å². The summed E-state index contributed by atoms with van der Waals surface area (Å²) in [4.78, 5) is 24.7. The van der Waals surface area contributed by atoms with E-state index in [0.717, 1.165) is 0 Å². The first-order valence-corrected chi connectivity index (χ1v) is 6.42. The van der Waals surface area contributed by atoms with Gasteiger partial charge in [0.25, 0.3) is 0 Å². The first-order valence-electron chi connectivity index (χ1n) is 6.42. The molecule has 0 saturated carbocycles. The van der Waals surface area contributed by atoms with E-state index in [1.54, 1.807) is 13.1 Å². The van der Waals surface area contributed by atoms with Crippen LogP contribution in [0.15, 0.2) is 16.5 Å². The number of carboxylic acid groups (broad SMARTS) is 1. The van der Waals surface area contributed by atoms with E-state index in [1.807, 2.05) is 11.8 Å². The van der Waals surface area contributed by atoms with Crippen LogP contribution in [0.2, 0.25) is 0 Å². The molecule has 1 aromatic rings. The van der Waals surface area contributed by atoms with Crippen molar-refractivity contribution in [2.45, 2.75) is 19.0 Å². The zero-order valence-electron chi connectivity index (χ0n) is 11.5. The standard InChI is InChI=1S/C13H18N2O5/c1-8(10-3-4-11(20-10)13(17)18)15-5-6-19-7-9(15)12(16)14-2/h3-4,8-9H,5-7H2,1-2H3,(H,14,16)(H,17,18). The van der Waals surface area contributed by atoms with Crippen molar-refractivity contribution in [1.82, 2.24) is 10.2 Å². The van der Waals surface area contributed by atoms with Gasteiger partial charge in [-0.05, 0) is 19.1 Å². The summed E-state index contributed by atoms with van der Waals surface area (Å²) in [5.41, 5.74) is 0. The second-order valence-corrected chi connectivity index (χ2v) is 4.63. The molecular formula is C13H18N2O5. The fourth-order valence-corrected chi connectivity index (χ4v) is 2.33. The van der Waals surface area contributed by atoms with E-state index >= 15 is 0 Å². The zero-order chi connectivity index (χ0) is 14.7. The Morgan fingerprint density at radius 3 is 2.85 bits per heavy atom. The third kappa shape index (κ3) is 2.83. The molecule has 0 bridgehead atoms.